The average Bonchev–Trinajstić information content (AvgIpc) is 2.44. The number of hydrogen-bond donors (Lipinski definition) is 2. The van der Waals surface area contributed by atoms with Crippen LogP contribution >= 0.6 is 0 Å². The summed E-state index contributed by atoms with van der Waals surface area (Å²) in [5.74, 6) is -1.32. The van der Waals surface area contributed by atoms with Gasteiger partial charge in [0.15, 0.2) is 0 Å². The molecule has 0 spiro atoms. The highest BCUT2D eigenvalue weighted by atomic mass is 32.2. The van der Waals surface area contributed by atoms with Crippen molar-refractivity contribution in [3.8, 4) is 0 Å². The molecule has 7 heteroatoms. The molecule has 0 saturated heterocycles. The van der Waals surface area contributed by atoms with Crippen LogP contribution < -0.4 is 4.72 Å². The second-order valence-electron chi connectivity index (χ2n) is 5.02. The molecule has 0 heterocycles. The fraction of sp³-hybridized carbons (Fsp3) is 0.500. The van der Waals surface area contributed by atoms with Crippen LogP contribution in [0.2, 0.25) is 0 Å². The fourth-order valence-electron chi connectivity index (χ4n) is 1.77. The molecule has 0 fully saturated rings. The average molecular weight is 314 g/mol. The molecule has 0 aliphatic carbocycles. The molecule has 1 aromatic rings. The number of benzene rings is 1. The lowest BCUT2D eigenvalue weighted by molar-refractivity contribution is -0.141. The van der Waals surface area contributed by atoms with E-state index < -0.39 is 22.1 Å². The van der Waals surface area contributed by atoms with E-state index in [-0.39, 0.29) is 6.54 Å². The Morgan fingerprint density at radius 2 is 1.95 bits per heavy atom. The summed E-state index contributed by atoms with van der Waals surface area (Å²) in [5, 5.41) is 8.75. The number of hydrogen-bond acceptors (Lipinski definition) is 3. The normalized spacial score (nSPS) is 13.3. The van der Waals surface area contributed by atoms with Crippen LogP contribution in [0.1, 0.15) is 25.3 Å². The van der Waals surface area contributed by atoms with Crippen molar-refractivity contribution in [2.24, 2.45) is 5.92 Å². The van der Waals surface area contributed by atoms with E-state index in [4.69, 9.17) is 5.11 Å². The minimum atomic E-state index is -3.54. The van der Waals surface area contributed by atoms with Gasteiger partial charge in [0.1, 0.15) is 0 Å². The van der Waals surface area contributed by atoms with E-state index in [0.717, 1.165) is 5.56 Å². The van der Waals surface area contributed by atoms with Crippen molar-refractivity contribution >= 4 is 16.2 Å². The van der Waals surface area contributed by atoms with Crippen molar-refractivity contribution in [1.29, 1.82) is 0 Å². The molecule has 1 rings (SSSR count). The van der Waals surface area contributed by atoms with Crippen molar-refractivity contribution in [2.45, 2.75) is 26.3 Å². The molecule has 0 radical (unpaired) electrons. The highest BCUT2D eigenvalue weighted by Gasteiger charge is 2.17. The summed E-state index contributed by atoms with van der Waals surface area (Å²) in [6.07, 6.45) is 0.937. The lowest BCUT2D eigenvalue weighted by atomic mass is 10.1. The topological polar surface area (TPSA) is 86.7 Å². The molecule has 2 N–H and O–H groups in total. The molecule has 1 unspecified atom stereocenters. The van der Waals surface area contributed by atoms with Gasteiger partial charge in [0.2, 0.25) is 0 Å². The van der Waals surface area contributed by atoms with E-state index >= 15 is 0 Å². The largest absolute Gasteiger partial charge is 0.481 e. The monoisotopic (exact) mass is 314 g/mol. The zero-order valence-corrected chi connectivity index (χ0v) is 13.1. The molecule has 0 amide bonds. The Hall–Kier alpha value is -1.44. The molecule has 1 atom stereocenters. The van der Waals surface area contributed by atoms with Crippen molar-refractivity contribution in [3.05, 3.63) is 35.9 Å². The number of rotatable bonds is 9. The van der Waals surface area contributed by atoms with Crippen molar-refractivity contribution in [1.82, 2.24) is 9.03 Å². The SMILES string of the molecule is CC(CCCNS(=O)(=O)N(C)Cc1ccccc1)C(=O)O. The van der Waals surface area contributed by atoms with E-state index in [1.807, 2.05) is 30.3 Å². The van der Waals surface area contributed by atoms with Gasteiger partial charge in [-0.25, -0.2) is 4.72 Å². The van der Waals surface area contributed by atoms with E-state index in [1.54, 1.807) is 6.92 Å². The zero-order chi connectivity index (χ0) is 15.9. The fourth-order valence-corrected chi connectivity index (χ4v) is 2.71. The van der Waals surface area contributed by atoms with Crippen LogP contribution in [0.15, 0.2) is 30.3 Å². The number of carboxylic acid groups (broad SMARTS) is 1. The quantitative estimate of drug-likeness (QED) is 0.676. The number of nitrogens with zero attached hydrogens (tertiary/aromatic N) is 1. The first-order valence-electron chi connectivity index (χ1n) is 6.80. The lowest BCUT2D eigenvalue weighted by Gasteiger charge is -2.18. The maximum absolute atomic E-state index is 12.0. The molecule has 1 aromatic carbocycles. The van der Waals surface area contributed by atoms with Crippen molar-refractivity contribution in [3.63, 3.8) is 0 Å². The summed E-state index contributed by atoms with van der Waals surface area (Å²) in [7, 11) is -2.03. The van der Waals surface area contributed by atoms with Gasteiger partial charge in [-0.15, -0.1) is 0 Å². The molecular weight excluding hydrogens is 292 g/mol. The van der Waals surface area contributed by atoms with E-state index in [0.29, 0.717) is 19.4 Å². The van der Waals surface area contributed by atoms with Gasteiger partial charge in [-0.3, -0.25) is 4.79 Å². The Bertz CT molecular complexity index is 545. The van der Waals surface area contributed by atoms with Gasteiger partial charge in [-0.1, -0.05) is 37.3 Å². The van der Waals surface area contributed by atoms with Crippen LogP contribution in [0, 0.1) is 5.92 Å². The zero-order valence-electron chi connectivity index (χ0n) is 12.3. The third-order valence-corrected chi connectivity index (χ3v) is 4.70. The summed E-state index contributed by atoms with van der Waals surface area (Å²) < 4.78 is 27.7. The molecule has 0 aliphatic rings. The molecule has 0 aliphatic heterocycles. The second-order valence-corrected chi connectivity index (χ2v) is 6.88. The highest BCUT2D eigenvalue weighted by molar-refractivity contribution is 7.87. The van der Waals surface area contributed by atoms with Gasteiger partial charge in [0.05, 0.1) is 5.92 Å². The Balaban J connectivity index is 2.40. The Kier molecular flexibility index (Phi) is 6.80. The van der Waals surface area contributed by atoms with Crippen molar-refractivity contribution in [2.75, 3.05) is 13.6 Å². The van der Waals surface area contributed by atoms with Gasteiger partial charge < -0.3 is 5.11 Å². The maximum atomic E-state index is 12.0. The predicted molar refractivity (Wildman–Crippen MR) is 80.9 cm³/mol. The molecule has 118 valence electrons. The third-order valence-electron chi connectivity index (χ3n) is 3.18. The number of carbonyl (C=O) groups is 1. The lowest BCUT2D eigenvalue weighted by Crippen LogP contribution is -2.38. The van der Waals surface area contributed by atoms with Gasteiger partial charge >= 0.3 is 5.97 Å². The van der Waals surface area contributed by atoms with E-state index in [1.165, 1.54) is 11.4 Å². The molecule has 0 bridgehead atoms. The first-order valence-corrected chi connectivity index (χ1v) is 8.24. The van der Waals surface area contributed by atoms with E-state index in [2.05, 4.69) is 4.72 Å². The standard InChI is InChI=1S/C14H22N2O4S/c1-12(14(17)18)7-6-10-15-21(19,20)16(2)11-13-8-4-3-5-9-13/h3-5,8-9,12,15H,6-7,10-11H2,1-2H3,(H,17,18). The summed E-state index contributed by atoms with van der Waals surface area (Å²) in [5.41, 5.74) is 0.907. The first-order chi connectivity index (χ1) is 9.83. The summed E-state index contributed by atoms with van der Waals surface area (Å²) in [4.78, 5) is 10.7. The summed E-state index contributed by atoms with van der Waals surface area (Å²) in [6, 6.07) is 9.31. The van der Waals surface area contributed by atoms with E-state index in [9.17, 15) is 13.2 Å². The number of aliphatic carboxylic acids is 1. The second kappa shape index (κ2) is 8.11. The maximum Gasteiger partial charge on any atom is 0.306 e. The van der Waals surface area contributed by atoms with Crippen LogP contribution in [0.25, 0.3) is 0 Å². The number of nitrogens with one attached hydrogen (secondary N) is 1. The van der Waals surface area contributed by atoms with Gasteiger partial charge in [0.25, 0.3) is 10.2 Å². The Labute approximate surface area is 126 Å². The Morgan fingerprint density at radius 3 is 2.52 bits per heavy atom. The highest BCUT2D eigenvalue weighted by Crippen LogP contribution is 2.07. The minimum absolute atomic E-state index is 0.235. The predicted octanol–water partition coefficient (Wildman–Crippen LogP) is 1.45. The van der Waals surface area contributed by atoms with Crippen LogP contribution in [-0.4, -0.2) is 37.4 Å². The molecular formula is C14H22N2O4S. The summed E-state index contributed by atoms with van der Waals surface area (Å²) in [6.45, 7) is 2.14. The molecule has 0 aromatic heterocycles. The first kappa shape index (κ1) is 17.6. The minimum Gasteiger partial charge on any atom is -0.481 e. The van der Waals surface area contributed by atoms with Gasteiger partial charge in [-0.2, -0.15) is 12.7 Å². The van der Waals surface area contributed by atoms with Gasteiger partial charge in [-0.05, 0) is 18.4 Å². The van der Waals surface area contributed by atoms with Gasteiger partial charge in [0, 0.05) is 20.1 Å². The molecule has 6 nitrogen and oxygen atoms in total. The smallest absolute Gasteiger partial charge is 0.306 e. The Morgan fingerprint density at radius 1 is 1.33 bits per heavy atom. The molecule has 21 heavy (non-hydrogen) atoms. The summed E-state index contributed by atoms with van der Waals surface area (Å²) >= 11 is 0. The third kappa shape index (κ3) is 6.24. The van der Waals surface area contributed by atoms with Crippen LogP contribution in [0.4, 0.5) is 0 Å². The van der Waals surface area contributed by atoms with Crippen LogP contribution in [-0.2, 0) is 21.5 Å². The van der Waals surface area contributed by atoms with Crippen molar-refractivity contribution < 1.29 is 18.3 Å². The van der Waals surface area contributed by atoms with Crippen LogP contribution in [0.5, 0.6) is 0 Å². The number of carboxylic acids is 1. The molecule has 0 saturated carbocycles. The van der Waals surface area contributed by atoms with Crippen LogP contribution in [0.3, 0.4) is 0 Å².